The van der Waals surface area contributed by atoms with Gasteiger partial charge >= 0.3 is 0 Å². The van der Waals surface area contributed by atoms with Gasteiger partial charge in [0.1, 0.15) is 5.75 Å². The van der Waals surface area contributed by atoms with Crippen LogP contribution in [0, 0.1) is 0 Å². The van der Waals surface area contributed by atoms with E-state index in [1.54, 1.807) is 7.11 Å². The van der Waals surface area contributed by atoms with Crippen LogP contribution < -0.4 is 10.1 Å². The lowest BCUT2D eigenvalue weighted by Gasteiger charge is -2.26. The van der Waals surface area contributed by atoms with Crippen molar-refractivity contribution in [2.75, 3.05) is 13.7 Å². The molecule has 0 aliphatic carbocycles. The third-order valence-corrected chi connectivity index (χ3v) is 3.15. The van der Waals surface area contributed by atoms with E-state index in [1.165, 1.54) is 0 Å². The highest BCUT2D eigenvalue weighted by molar-refractivity contribution is 5.42. The summed E-state index contributed by atoms with van der Waals surface area (Å²) in [7, 11) is 1.69. The molecule has 1 aromatic rings. The zero-order valence-corrected chi connectivity index (χ0v) is 12.9. The molecular weight excluding hydrogens is 238 g/mol. The Labute approximate surface area is 117 Å². The first kappa shape index (κ1) is 16.0. The third-order valence-electron chi connectivity index (χ3n) is 3.15. The number of hydrogen-bond acceptors (Lipinski definition) is 3. The van der Waals surface area contributed by atoms with Gasteiger partial charge in [-0.3, -0.25) is 0 Å². The van der Waals surface area contributed by atoms with Crippen LogP contribution in [0.1, 0.15) is 51.8 Å². The molecule has 0 aliphatic heterocycles. The first-order chi connectivity index (χ1) is 8.79. The summed E-state index contributed by atoms with van der Waals surface area (Å²) in [6.07, 6.45) is 0. The van der Waals surface area contributed by atoms with Crippen molar-refractivity contribution in [3.63, 3.8) is 0 Å². The number of aliphatic hydroxyl groups is 1. The summed E-state index contributed by atoms with van der Waals surface area (Å²) in [6, 6.07) is 6.43. The van der Waals surface area contributed by atoms with E-state index < -0.39 is 0 Å². The molecule has 0 bridgehead atoms. The van der Waals surface area contributed by atoms with E-state index in [1.807, 2.05) is 12.1 Å². The van der Waals surface area contributed by atoms with Crippen LogP contribution in [0.3, 0.4) is 0 Å². The summed E-state index contributed by atoms with van der Waals surface area (Å²) < 4.78 is 5.44. The van der Waals surface area contributed by atoms with Gasteiger partial charge in [-0.2, -0.15) is 0 Å². The Morgan fingerprint density at radius 1 is 1.26 bits per heavy atom. The molecule has 0 amide bonds. The van der Waals surface area contributed by atoms with Crippen LogP contribution >= 0.6 is 0 Å². The molecule has 2 N–H and O–H groups in total. The molecule has 108 valence electrons. The maximum atomic E-state index is 9.55. The number of aliphatic hydroxyl groups excluding tert-OH is 1. The number of methoxy groups -OCH3 is 1. The van der Waals surface area contributed by atoms with Crippen LogP contribution in [0.25, 0.3) is 0 Å². The Hall–Kier alpha value is -1.06. The molecule has 1 rings (SSSR count). The van der Waals surface area contributed by atoms with Crippen LogP contribution in [0.4, 0.5) is 0 Å². The van der Waals surface area contributed by atoms with E-state index >= 15 is 0 Å². The van der Waals surface area contributed by atoms with Gasteiger partial charge in [-0.15, -0.1) is 0 Å². The quantitative estimate of drug-likeness (QED) is 0.860. The van der Waals surface area contributed by atoms with Crippen molar-refractivity contribution < 1.29 is 9.84 Å². The van der Waals surface area contributed by atoms with Crippen LogP contribution in [0.5, 0.6) is 5.75 Å². The van der Waals surface area contributed by atoms with Gasteiger partial charge in [0.05, 0.1) is 19.8 Å². The Balaban J connectivity index is 3.16. The predicted molar refractivity (Wildman–Crippen MR) is 79.8 cm³/mol. The van der Waals surface area contributed by atoms with Gasteiger partial charge in [-0.05, 0) is 28.7 Å². The average Bonchev–Trinajstić information content (AvgIpc) is 2.34. The van der Waals surface area contributed by atoms with Crippen LogP contribution in [-0.4, -0.2) is 24.9 Å². The van der Waals surface area contributed by atoms with Crippen molar-refractivity contribution in [1.82, 2.24) is 5.32 Å². The number of benzene rings is 1. The monoisotopic (exact) mass is 265 g/mol. The smallest absolute Gasteiger partial charge is 0.122 e. The zero-order valence-electron chi connectivity index (χ0n) is 12.9. The highest BCUT2D eigenvalue weighted by atomic mass is 16.5. The molecule has 3 heteroatoms. The van der Waals surface area contributed by atoms with Gasteiger partial charge in [0.25, 0.3) is 0 Å². The molecule has 0 aliphatic rings. The normalized spacial score (nSPS) is 13.7. The summed E-state index contributed by atoms with van der Waals surface area (Å²) in [4.78, 5) is 0. The molecule has 0 aromatic heterocycles. The maximum absolute atomic E-state index is 9.55. The van der Waals surface area contributed by atoms with E-state index in [0.29, 0.717) is 6.04 Å². The molecule has 0 saturated heterocycles. The SMILES string of the molecule is COc1ccc(C(CO)NC(C)C)cc1C(C)(C)C. The fraction of sp³-hybridized carbons (Fsp3) is 0.625. The van der Waals surface area contributed by atoms with Gasteiger partial charge in [0.2, 0.25) is 0 Å². The topological polar surface area (TPSA) is 41.5 Å². The lowest BCUT2D eigenvalue weighted by molar-refractivity contribution is 0.237. The minimum atomic E-state index is -0.0352. The molecule has 1 aromatic carbocycles. The molecule has 0 saturated carbocycles. The van der Waals surface area contributed by atoms with Gasteiger partial charge in [0, 0.05) is 6.04 Å². The predicted octanol–water partition coefficient (Wildman–Crippen LogP) is 3.02. The minimum Gasteiger partial charge on any atom is -0.496 e. The van der Waals surface area contributed by atoms with Crippen molar-refractivity contribution in [3.05, 3.63) is 29.3 Å². The van der Waals surface area contributed by atoms with Gasteiger partial charge < -0.3 is 15.2 Å². The number of nitrogens with one attached hydrogen (secondary N) is 1. The van der Waals surface area contributed by atoms with Gasteiger partial charge in [-0.1, -0.05) is 40.7 Å². The Morgan fingerprint density at radius 3 is 2.32 bits per heavy atom. The largest absolute Gasteiger partial charge is 0.496 e. The third kappa shape index (κ3) is 4.22. The Bertz CT molecular complexity index is 408. The minimum absolute atomic E-state index is 0.0131. The Kier molecular flexibility index (Phi) is 5.39. The molecule has 0 fully saturated rings. The van der Waals surface area contributed by atoms with E-state index in [0.717, 1.165) is 16.9 Å². The zero-order chi connectivity index (χ0) is 14.6. The molecule has 1 atom stereocenters. The van der Waals surface area contributed by atoms with Crippen LogP contribution in [0.2, 0.25) is 0 Å². The lowest BCUT2D eigenvalue weighted by atomic mass is 9.84. The van der Waals surface area contributed by atoms with E-state index in [9.17, 15) is 5.11 Å². The molecule has 0 heterocycles. The van der Waals surface area contributed by atoms with Crippen molar-refractivity contribution in [2.24, 2.45) is 0 Å². The highest BCUT2D eigenvalue weighted by Gasteiger charge is 2.21. The first-order valence-electron chi connectivity index (χ1n) is 6.85. The van der Waals surface area contributed by atoms with Gasteiger partial charge in [0.15, 0.2) is 0 Å². The second-order valence-electron chi connectivity index (χ2n) is 6.27. The number of rotatable bonds is 5. The fourth-order valence-electron chi connectivity index (χ4n) is 2.19. The van der Waals surface area contributed by atoms with Crippen molar-refractivity contribution in [2.45, 2.75) is 52.1 Å². The molecule has 19 heavy (non-hydrogen) atoms. The number of ether oxygens (including phenoxy) is 1. The molecule has 1 unspecified atom stereocenters. The lowest BCUT2D eigenvalue weighted by Crippen LogP contribution is -2.30. The second-order valence-corrected chi connectivity index (χ2v) is 6.27. The van der Waals surface area contributed by atoms with Crippen molar-refractivity contribution >= 4 is 0 Å². The molecular formula is C16H27NO2. The van der Waals surface area contributed by atoms with Crippen molar-refractivity contribution in [3.8, 4) is 5.75 Å². The summed E-state index contributed by atoms with van der Waals surface area (Å²) in [5.74, 6) is 0.900. The molecule has 0 spiro atoms. The summed E-state index contributed by atoms with van der Waals surface area (Å²) in [6.45, 7) is 10.7. The maximum Gasteiger partial charge on any atom is 0.122 e. The standard InChI is InChI=1S/C16H27NO2/c1-11(2)17-14(10-18)12-7-8-15(19-6)13(9-12)16(3,4)5/h7-9,11,14,17-18H,10H2,1-6H3. The highest BCUT2D eigenvalue weighted by Crippen LogP contribution is 2.33. The van der Waals surface area contributed by atoms with E-state index in [2.05, 4.69) is 46.0 Å². The first-order valence-corrected chi connectivity index (χ1v) is 6.85. The van der Waals surface area contributed by atoms with E-state index in [4.69, 9.17) is 4.74 Å². The Morgan fingerprint density at radius 2 is 1.89 bits per heavy atom. The molecule has 3 nitrogen and oxygen atoms in total. The summed E-state index contributed by atoms with van der Waals surface area (Å²) in [5, 5.41) is 12.9. The van der Waals surface area contributed by atoms with Gasteiger partial charge in [-0.25, -0.2) is 0 Å². The summed E-state index contributed by atoms with van der Waals surface area (Å²) >= 11 is 0. The average molecular weight is 265 g/mol. The van der Waals surface area contributed by atoms with E-state index in [-0.39, 0.29) is 18.1 Å². The van der Waals surface area contributed by atoms with Crippen molar-refractivity contribution in [1.29, 1.82) is 0 Å². The fourth-order valence-corrected chi connectivity index (χ4v) is 2.19. The second kappa shape index (κ2) is 6.40. The molecule has 0 radical (unpaired) electrons. The van der Waals surface area contributed by atoms with Crippen LogP contribution in [0.15, 0.2) is 18.2 Å². The van der Waals surface area contributed by atoms with Crippen LogP contribution in [-0.2, 0) is 5.41 Å². The number of hydrogen-bond donors (Lipinski definition) is 2. The summed E-state index contributed by atoms with van der Waals surface area (Å²) in [5.41, 5.74) is 2.28.